The van der Waals surface area contributed by atoms with E-state index in [1.54, 1.807) is 37.4 Å². The fourth-order valence-electron chi connectivity index (χ4n) is 4.22. The highest BCUT2D eigenvalue weighted by Crippen LogP contribution is 2.31. The summed E-state index contributed by atoms with van der Waals surface area (Å²) in [6.45, 7) is 17.8. The van der Waals surface area contributed by atoms with Gasteiger partial charge in [-0.1, -0.05) is 49.1 Å². The number of alkyl carbamates (subject to hydrolysis) is 1. The van der Waals surface area contributed by atoms with E-state index in [0.29, 0.717) is 18.7 Å². The van der Waals surface area contributed by atoms with Crippen LogP contribution in [-0.2, 0) is 14.3 Å². The summed E-state index contributed by atoms with van der Waals surface area (Å²) >= 11 is 1.60. The number of hydrogen-bond acceptors (Lipinski definition) is 5. The molecular weight excluding hydrogens is 486 g/mol. The van der Waals surface area contributed by atoms with Gasteiger partial charge >= 0.3 is 6.09 Å². The van der Waals surface area contributed by atoms with Crippen molar-refractivity contribution in [2.24, 2.45) is 0 Å². The van der Waals surface area contributed by atoms with E-state index in [4.69, 9.17) is 4.74 Å². The number of amides is 3. The van der Waals surface area contributed by atoms with Gasteiger partial charge in [0.15, 0.2) is 0 Å². The van der Waals surface area contributed by atoms with Crippen molar-refractivity contribution < 1.29 is 19.1 Å². The third-order valence-corrected chi connectivity index (χ3v) is 6.35. The summed E-state index contributed by atoms with van der Waals surface area (Å²) in [5.74, 6) is 0.146. The Morgan fingerprint density at radius 1 is 1.00 bits per heavy atom. The highest BCUT2D eigenvalue weighted by molar-refractivity contribution is 7.98. The average molecular weight is 536 g/mol. The lowest BCUT2D eigenvalue weighted by molar-refractivity contribution is -0.148. The number of nitrogens with one attached hydrogen (secondary N) is 2. The summed E-state index contributed by atoms with van der Waals surface area (Å²) in [5.41, 5.74) is 1.40. The average Bonchev–Trinajstić information content (AvgIpc) is 2.74. The number of ether oxygens (including phenoxy) is 1. The summed E-state index contributed by atoms with van der Waals surface area (Å²) in [6.07, 6.45) is 4.68. The van der Waals surface area contributed by atoms with Crippen LogP contribution in [0.5, 0.6) is 0 Å². The highest BCUT2D eigenvalue weighted by atomic mass is 32.2. The molecule has 37 heavy (non-hydrogen) atoms. The van der Waals surface area contributed by atoms with Gasteiger partial charge in [-0.3, -0.25) is 9.59 Å². The number of thioether (sulfide) groups is 1. The molecule has 1 aromatic carbocycles. The normalized spacial score (nSPS) is 13.5. The first-order valence-electron chi connectivity index (χ1n) is 13.3. The molecule has 0 aliphatic heterocycles. The van der Waals surface area contributed by atoms with Crippen molar-refractivity contribution in [2.45, 2.75) is 111 Å². The molecular formula is C29H49N3O4S. The molecule has 0 aliphatic carbocycles. The Morgan fingerprint density at radius 3 is 2.08 bits per heavy atom. The lowest BCUT2D eigenvalue weighted by Crippen LogP contribution is -2.58. The van der Waals surface area contributed by atoms with Gasteiger partial charge in [-0.2, -0.15) is 11.8 Å². The molecule has 1 rings (SSSR count). The smallest absolute Gasteiger partial charge is 0.408 e. The largest absolute Gasteiger partial charge is 0.444 e. The maximum absolute atomic E-state index is 14.2. The molecule has 0 bridgehead atoms. The summed E-state index contributed by atoms with van der Waals surface area (Å²) in [4.78, 5) is 42.3. The molecule has 2 atom stereocenters. The Morgan fingerprint density at radius 2 is 1.59 bits per heavy atom. The van der Waals surface area contributed by atoms with Crippen LogP contribution < -0.4 is 10.6 Å². The van der Waals surface area contributed by atoms with Gasteiger partial charge in [0.05, 0.1) is 0 Å². The van der Waals surface area contributed by atoms with E-state index in [9.17, 15) is 14.4 Å². The molecule has 0 saturated carbocycles. The Labute approximate surface area is 228 Å². The molecule has 2 N–H and O–H groups in total. The van der Waals surface area contributed by atoms with Gasteiger partial charge in [-0.15, -0.1) is 0 Å². The van der Waals surface area contributed by atoms with Crippen molar-refractivity contribution in [1.82, 2.24) is 15.5 Å². The van der Waals surface area contributed by atoms with E-state index in [2.05, 4.69) is 17.6 Å². The van der Waals surface area contributed by atoms with Crippen molar-refractivity contribution in [3.8, 4) is 0 Å². The number of hydrogen-bond donors (Lipinski definition) is 2. The quantitative estimate of drug-likeness (QED) is 0.324. The summed E-state index contributed by atoms with van der Waals surface area (Å²) < 4.78 is 5.46. The van der Waals surface area contributed by atoms with Crippen molar-refractivity contribution in [2.75, 3.05) is 18.6 Å². The minimum absolute atomic E-state index is 0.217. The Hall–Kier alpha value is -2.22. The number of nitrogens with zero attached hydrogens (tertiary/aromatic N) is 1. The van der Waals surface area contributed by atoms with Gasteiger partial charge in [-0.05, 0) is 85.8 Å². The zero-order chi connectivity index (χ0) is 28.4. The molecule has 0 spiro atoms. The molecule has 7 nitrogen and oxygen atoms in total. The Bertz CT molecular complexity index is 885. The van der Waals surface area contributed by atoms with Crippen LogP contribution in [0.4, 0.5) is 4.79 Å². The van der Waals surface area contributed by atoms with E-state index in [0.717, 1.165) is 36.0 Å². The number of aryl methyl sites for hydroxylation is 2. The van der Waals surface area contributed by atoms with Crippen LogP contribution in [0.25, 0.3) is 0 Å². The number of unbranched alkanes of at least 4 members (excludes halogenated alkanes) is 2. The molecule has 3 amide bonds. The molecule has 210 valence electrons. The topological polar surface area (TPSA) is 87.7 Å². The Kier molecular flexibility index (Phi) is 13.0. The van der Waals surface area contributed by atoms with E-state index >= 15 is 0 Å². The molecule has 0 radical (unpaired) electrons. The lowest BCUT2D eigenvalue weighted by Gasteiger charge is -2.43. The van der Waals surface area contributed by atoms with Gasteiger partial charge in [0.2, 0.25) is 11.8 Å². The number of benzene rings is 1. The van der Waals surface area contributed by atoms with Crippen LogP contribution in [0.3, 0.4) is 0 Å². The maximum atomic E-state index is 14.2. The second-order valence-electron chi connectivity index (χ2n) is 11.7. The van der Waals surface area contributed by atoms with Gasteiger partial charge in [-0.25, -0.2) is 4.79 Å². The number of carbonyl (C=O) groups excluding carboxylic acids is 3. The SMILES string of the molecule is CCCCCNC(=O)C(c1cc(C)cc(C)c1)N(C(=O)C(CCSC)NC(=O)OC(C)(C)C)C(C)(C)C. The first kappa shape index (κ1) is 32.8. The van der Waals surface area contributed by atoms with Crippen LogP contribution >= 0.6 is 11.8 Å². The van der Waals surface area contributed by atoms with Crippen LogP contribution in [0.15, 0.2) is 18.2 Å². The Balaban J connectivity index is 3.53. The second kappa shape index (κ2) is 14.6. The third-order valence-electron chi connectivity index (χ3n) is 5.71. The van der Waals surface area contributed by atoms with E-state index in [-0.39, 0.29) is 11.8 Å². The predicted octanol–water partition coefficient (Wildman–Crippen LogP) is 5.92. The summed E-state index contributed by atoms with van der Waals surface area (Å²) in [6, 6.07) is 4.31. The van der Waals surface area contributed by atoms with Crippen LogP contribution in [0.1, 0.15) is 96.9 Å². The van der Waals surface area contributed by atoms with Crippen molar-refractivity contribution in [3.63, 3.8) is 0 Å². The standard InChI is InChI=1S/C29H49N3O4S/c1-11-12-13-15-30-25(33)24(22-18-20(2)17-21(3)19-22)32(28(4,5)6)26(34)23(14-16-37-10)31-27(35)36-29(7,8)9/h17-19,23-24H,11-16H2,1-10H3,(H,30,33)(H,31,35). The molecule has 8 heteroatoms. The van der Waals surface area contributed by atoms with Crippen LogP contribution in [-0.4, -0.2) is 58.5 Å². The molecule has 0 aromatic heterocycles. The summed E-state index contributed by atoms with van der Waals surface area (Å²) in [5, 5.41) is 5.86. The van der Waals surface area contributed by atoms with E-state index in [1.807, 2.05) is 59.1 Å². The van der Waals surface area contributed by atoms with Crippen molar-refractivity contribution in [1.29, 1.82) is 0 Å². The van der Waals surface area contributed by atoms with Crippen molar-refractivity contribution in [3.05, 3.63) is 34.9 Å². The molecule has 0 fully saturated rings. The summed E-state index contributed by atoms with van der Waals surface area (Å²) in [7, 11) is 0. The molecule has 2 unspecified atom stereocenters. The van der Waals surface area contributed by atoms with Gasteiger partial charge < -0.3 is 20.3 Å². The van der Waals surface area contributed by atoms with Crippen LogP contribution in [0, 0.1) is 13.8 Å². The third kappa shape index (κ3) is 11.4. The van der Waals surface area contributed by atoms with Gasteiger partial charge in [0.25, 0.3) is 0 Å². The molecule has 0 saturated heterocycles. The minimum atomic E-state index is -0.843. The maximum Gasteiger partial charge on any atom is 0.408 e. The highest BCUT2D eigenvalue weighted by Gasteiger charge is 2.41. The first-order chi connectivity index (χ1) is 17.1. The zero-order valence-corrected chi connectivity index (χ0v) is 25.4. The molecule has 0 aliphatic rings. The number of carbonyl (C=O) groups is 3. The fourth-order valence-corrected chi connectivity index (χ4v) is 4.70. The van der Waals surface area contributed by atoms with E-state index in [1.165, 1.54) is 0 Å². The van der Waals surface area contributed by atoms with Crippen LogP contribution in [0.2, 0.25) is 0 Å². The first-order valence-corrected chi connectivity index (χ1v) is 14.7. The minimum Gasteiger partial charge on any atom is -0.444 e. The second-order valence-corrected chi connectivity index (χ2v) is 12.7. The molecule has 0 heterocycles. The fraction of sp³-hybridized carbons (Fsp3) is 0.690. The zero-order valence-electron chi connectivity index (χ0n) is 24.6. The monoisotopic (exact) mass is 535 g/mol. The number of rotatable bonds is 12. The van der Waals surface area contributed by atoms with E-state index < -0.39 is 29.3 Å². The predicted molar refractivity (Wildman–Crippen MR) is 154 cm³/mol. The van der Waals surface area contributed by atoms with Gasteiger partial charge in [0.1, 0.15) is 17.7 Å². The van der Waals surface area contributed by atoms with Crippen molar-refractivity contribution >= 4 is 29.7 Å². The lowest BCUT2D eigenvalue weighted by atomic mass is 9.93. The molecule has 1 aromatic rings. The van der Waals surface area contributed by atoms with Gasteiger partial charge in [0, 0.05) is 12.1 Å².